The number of hydrogen-bond donors (Lipinski definition) is 1. The van der Waals surface area contributed by atoms with Crippen molar-refractivity contribution in [3.63, 3.8) is 0 Å². The lowest BCUT2D eigenvalue weighted by atomic mass is 10.1. The Hall–Kier alpha value is -2.66. The van der Waals surface area contributed by atoms with Crippen LogP contribution in [-0.2, 0) is 13.0 Å². The van der Waals surface area contributed by atoms with Crippen LogP contribution in [0, 0.1) is 0 Å². The topological polar surface area (TPSA) is 60.2 Å². The number of aryl methyl sites for hydroxylation is 1. The van der Waals surface area contributed by atoms with Gasteiger partial charge in [0, 0.05) is 5.56 Å². The Balaban J connectivity index is 2.17. The van der Waals surface area contributed by atoms with Gasteiger partial charge in [0.05, 0.1) is 19.4 Å². The first kappa shape index (κ1) is 15.2. The average Bonchev–Trinajstić information content (AvgIpc) is 3.05. The molecule has 118 valence electrons. The van der Waals surface area contributed by atoms with E-state index in [1.54, 1.807) is 11.8 Å². The van der Waals surface area contributed by atoms with E-state index in [0.29, 0.717) is 5.69 Å². The minimum Gasteiger partial charge on any atom is -0.496 e. The van der Waals surface area contributed by atoms with Crippen molar-refractivity contribution in [3.05, 3.63) is 59.8 Å². The van der Waals surface area contributed by atoms with Crippen LogP contribution >= 0.6 is 0 Å². The van der Waals surface area contributed by atoms with E-state index in [0.717, 1.165) is 29.1 Å². The summed E-state index contributed by atoms with van der Waals surface area (Å²) in [4.78, 5) is 0. The Morgan fingerprint density at radius 1 is 1.09 bits per heavy atom. The molecular formula is C18H19N3O2. The highest BCUT2D eigenvalue weighted by Gasteiger charge is 2.18. The van der Waals surface area contributed by atoms with Gasteiger partial charge >= 0.3 is 0 Å². The van der Waals surface area contributed by atoms with Crippen LogP contribution in [0.25, 0.3) is 16.9 Å². The SMILES string of the molecule is CCc1ccc(-n2nnc(CO)c2-c2ccccc2OC)cc1. The fourth-order valence-corrected chi connectivity index (χ4v) is 2.58. The summed E-state index contributed by atoms with van der Waals surface area (Å²) in [5, 5.41) is 18.0. The molecule has 0 saturated carbocycles. The first-order valence-electron chi connectivity index (χ1n) is 7.56. The van der Waals surface area contributed by atoms with E-state index in [1.807, 2.05) is 36.4 Å². The second-order valence-electron chi connectivity index (χ2n) is 5.17. The molecule has 5 heteroatoms. The standard InChI is InChI=1S/C18H19N3O2/c1-3-13-8-10-14(11-9-13)21-18(16(12-22)19-20-21)15-6-4-5-7-17(15)23-2/h4-11,22H,3,12H2,1-2H3. The van der Waals surface area contributed by atoms with E-state index in [1.165, 1.54) is 5.56 Å². The number of aliphatic hydroxyl groups excluding tert-OH is 1. The lowest BCUT2D eigenvalue weighted by Crippen LogP contribution is -2.01. The smallest absolute Gasteiger partial charge is 0.128 e. The molecule has 0 aliphatic carbocycles. The maximum Gasteiger partial charge on any atom is 0.128 e. The molecular weight excluding hydrogens is 290 g/mol. The largest absolute Gasteiger partial charge is 0.496 e. The molecule has 3 aromatic rings. The molecule has 1 heterocycles. The van der Waals surface area contributed by atoms with E-state index in [2.05, 4.69) is 29.4 Å². The normalized spacial score (nSPS) is 10.7. The van der Waals surface area contributed by atoms with Crippen LogP contribution in [0.15, 0.2) is 48.5 Å². The van der Waals surface area contributed by atoms with Gasteiger partial charge in [-0.05, 0) is 36.2 Å². The molecule has 23 heavy (non-hydrogen) atoms. The third-order valence-corrected chi connectivity index (χ3v) is 3.84. The number of para-hydroxylation sites is 1. The van der Waals surface area contributed by atoms with Gasteiger partial charge in [0.25, 0.3) is 0 Å². The fraction of sp³-hybridized carbons (Fsp3) is 0.222. The van der Waals surface area contributed by atoms with Crippen LogP contribution < -0.4 is 4.74 Å². The summed E-state index contributed by atoms with van der Waals surface area (Å²) in [7, 11) is 1.63. The quantitative estimate of drug-likeness (QED) is 0.787. The van der Waals surface area contributed by atoms with E-state index in [9.17, 15) is 5.11 Å². The molecule has 0 bridgehead atoms. The summed E-state index contributed by atoms with van der Waals surface area (Å²) in [6.07, 6.45) is 0.985. The molecule has 0 saturated heterocycles. The average molecular weight is 309 g/mol. The number of benzene rings is 2. The van der Waals surface area contributed by atoms with Crippen molar-refractivity contribution in [2.75, 3.05) is 7.11 Å². The van der Waals surface area contributed by atoms with Crippen molar-refractivity contribution in [1.82, 2.24) is 15.0 Å². The van der Waals surface area contributed by atoms with Gasteiger partial charge in [-0.2, -0.15) is 0 Å². The highest BCUT2D eigenvalue weighted by molar-refractivity contribution is 5.70. The van der Waals surface area contributed by atoms with Crippen LogP contribution in [-0.4, -0.2) is 27.2 Å². The van der Waals surface area contributed by atoms with Gasteiger partial charge < -0.3 is 9.84 Å². The van der Waals surface area contributed by atoms with Gasteiger partial charge in [-0.25, -0.2) is 4.68 Å². The van der Waals surface area contributed by atoms with Crippen molar-refractivity contribution in [2.24, 2.45) is 0 Å². The Kier molecular flexibility index (Phi) is 4.39. The molecule has 0 radical (unpaired) electrons. The second kappa shape index (κ2) is 6.62. The molecule has 1 N–H and O–H groups in total. The fourth-order valence-electron chi connectivity index (χ4n) is 2.58. The van der Waals surface area contributed by atoms with Crippen molar-refractivity contribution in [3.8, 4) is 22.7 Å². The zero-order valence-electron chi connectivity index (χ0n) is 13.2. The number of hydrogen-bond acceptors (Lipinski definition) is 4. The van der Waals surface area contributed by atoms with Gasteiger partial charge in [0.1, 0.15) is 17.1 Å². The van der Waals surface area contributed by atoms with Crippen LogP contribution in [0.3, 0.4) is 0 Å². The molecule has 3 rings (SSSR count). The molecule has 0 amide bonds. The lowest BCUT2D eigenvalue weighted by Gasteiger charge is -2.11. The maximum absolute atomic E-state index is 9.63. The number of ether oxygens (including phenoxy) is 1. The molecule has 5 nitrogen and oxygen atoms in total. The highest BCUT2D eigenvalue weighted by atomic mass is 16.5. The molecule has 0 unspecified atom stereocenters. The summed E-state index contributed by atoms with van der Waals surface area (Å²) in [5.74, 6) is 0.718. The predicted molar refractivity (Wildman–Crippen MR) is 88.6 cm³/mol. The molecule has 1 aromatic heterocycles. The van der Waals surface area contributed by atoms with Gasteiger partial charge in [-0.3, -0.25) is 0 Å². The van der Waals surface area contributed by atoms with Gasteiger partial charge in [0.15, 0.2) is 0 Å². The minimum absolute atomic E-state index is 0.180. The Morgan fingerprint density at radius 3 is 2.48 bits per heavy atom. The van der Waals surface area contributed by atoms with Crippen LogP contribution in [0.1, 0.15) is 18.2 Å². The number of aliphatic hydroxyl groups is 1. The summed E-state index contributed by atoms with van der Waals surface area (Å²) in [6.45, 7) is 1.94. The Morgan fingerprint density at radius 2 is 1.83 bits per heavy atom. The van der Waals surface area contributed by atoms with Crippen LogP contribution in [0.4, 0.5) is 0 Å². The zero-order valence-corrected chi connectivity index (χ0v) is 13.2. The van der Waals surface area contributed by atoms with E-state index < -0.39 is 0 Å². The third kappa shape index (κ3) is 2.83. The summed E-state index contributed by atoms with van der Waals surface area (Å²) in [5.41, 5.74) is 4.28. The number of aromatic nitrogens is 3. The predicted octanol–water partition coefficient (Wildman–Crippen LogP) is 3.00. The number of nitrogens with zero attached hydrogens (tertiary/aromatic N) is 3. The van der Waals surface area contributed by atoms with Crippen molar-refractivity contribution >= 4 is 0 Å². The highest BCUT2D eigenvalue weighted by Crippen LogP contribution is 2.32. The molecule has 0 aliphatic rings. The molecule has 0 atom stereocenters. The first-order valence-corrected chi connectivity index (χ1v) is 7.56. The van der Waals surface area contributed by atoms with Gasteiger partial charge in [-0.15, -0.1) is 5.10 Å². The first-order chi connectivity index (χ1) is 11.3. The summed E-state index contributed by atoms with van der Waals surface area (Å²) in [6, 6.07) is 15.8. The number of rotatable bonds is 5. The van der Waals surface area contributed by atoms with E-state index >= 15 is 0 Å². The van der Waals surface area contributed by atoms with E-state index in [4.69, 9.17) is 4.74 Å². The summed E-state index contributed by atoms with van der Waals surface area (Å²) >= 11 is 0. The Labute approximate surface area is 135 Å². The van der Waals surface area contributed by atoms with Gasteiger partial charge in [0.2, 0.25) is 0 Å². The molecule has 2 aromatic carbocycles. The molecule has 0 spiro atoms. The zero-order chi connectivity index (χ0) is 16.2. The summed E-state index contributed by atoms with van der Waals surface area (Å²) < 4.78 is 7.18. The van der Waals surface area contributed by atoms with Gasteiger partial charge in [-0.1, -0.05) is 36.4 Å². The minimum atomic E-state index is -0.180. The monoisotopic (exact) mass is 309 g/mol. The molecule has 0 fully saturated rings. The Bertz CT molecular complexity index is 794. The van der Waals surface area contributed by atoms with Crippen molar-refractivity contribution < 1.29 is 9.84 Å². The molecule has 0 aliphatic heterocycles. The van der Waals surface area contributed by atoms with Crippen LogP contribution in [0.5, 0.6) is 5.75 Å². The maximum atomic E-state index is 9.63. The second-order valence-corrected chi connectivity index (χ2v) is 5.17. The third-order valence-electron chi connectivity index (χ3n) is 3.84. The number of methoxy groups -OCH3 is 1. The van der Waals surface area contributed by atoms with Crippen molar-refractivity contribution in [1.29, 1.82) is 0 Å². The van der Waals surface area contributed by atoms with E-state index in [-0.39, 0.29) is 6.61 Å². The lowest BCUT2D eigenvalue weighted by molar-refractivity contribution is 0.277. The van der Waals surface area contributed by atoms with Crippen LogP contribution in [0.2, 0.25) is 0 Å². The van der Waals surface area contributed by atoms with Crippen molar-refractivity contribution in [2.45, 2.75) is 20.0 Å².